The molecule has 1 aliphatic heterocycles. The fourth-order valence-corrected chi connectivity index (χ4v) is 4.11. The molecule has 1 saturated heterocycles. The molecule has 1 aliphatic rings. The maximum absolute atomic E-state index is 12.4. The summed E-state index contributed by atoms with van der Waals surface area (Å²) in [7, 11) is 0. The van der Waals surface area contributed by atoms with Crippen LogP contribution in [0, 0.1) is 0 Å². The lowest BCUT2D eigenvalue weighted by Gasteiger charge is -2.14. The molecule has 1 aromatic carbocycles. The van der Waals surface area contributed by atoms with Gasteiger partial charge in [0.1, 0.15) is 4.32 Å². The third kappa shape index (κ3) is 5.46. The Hall–Kier alpha value is -1.58. The second kappa shape index (κ2) is 10.1. The van der Waals surface area contributed by atoms with E-state index < -0.39 is 5.97 Å². The van der Waals surface area contributed by atoms with Gasteiger partial charge in [-0.25, -0.2) is 4.79 Å². The zero-order valence-corrected chi connectivity index (χ0v) is 18.5. The van der Waals surface area contributed by atoms with Crippen LogP contribution in [0.5, 0.6) is 11.5 Å². The lowest BCUT2D eigenvalue weighted by Crippen LogP contribution is -2.27. The maximum Gasteiger partial charge on any atom is 0.344 e. The van der Waals surface area contributed by atoms with Crippen LogP contribution in [0.25, 0.3) is 6.08 Å². The summed E-state index contributed by atoms with van der Waals surface area (Å²) in [5.41, 5.74) is 0.749. The molecule has 0 bridgehead atoms. The normalized spacial score (nSPS) is 15.4. The molecule has 0 aromatic heterocycles. The number of hydrogen-bond acceptors (Lipinski definition) is 7. The van der Waals surface area contributed by atoms with E-state index in [9.17, 15) is 9.59 Å². The van der Waals surface area contributed by atoms with E-state index in [1.165, 1.54) is 11.8 Å². The monoisotopic (exact) mass is 473 g/mol. The van der Waals surface area contributed by atoms with Crippen molar-refractivity contribution in [3.63, 3.8) is 0 Å². The summed E-state index contributed by atoms with van der Waals surface area (Å²) in [5.74, 6) is 0.320. The summed E-state index contributed by atoms with van der Waals surface area (Å²) in [6, 6.07) is 3.46. The summed E-state index contributed by atoms with van der Waals surface area (Å²) in [5, 5.41) is 0. The number of thiocarbonyl (C=S) groups is 1. The zero-order valence-electron chi connectivity index (χ0n) is 15.2. The molecule has 0 spiro atoms. The molecule has 146 valence electrons. The molecule has 0 saturated carbocycles. The van der Waals surface area contributed by atoms with Gasteiger partial charge in [0.2, 0.25) is 0 Å². The van der Waals surface area contributed by atoms with Gasteiger partial charge in [-0.1, -0.05) is 39.9 Å². The molecule has 1 amide bonds. The van der Waals surface area contributed by atoms with E-state index in [4.69, 9.17) is 26.4 Å². The molecule has 2 rings (SSSR count). The number of nitrogens with zero attached hydrogens (tertiary/aromatic N) is 1. The van der Waals surface area contributed by atoms with Crippen LogP contribution >= 0.6 is 39.9 Å². The largest absolute Gasteiger partial charge is 0.490 e. The number of thioether (sulfide) groups is 1. The zero-order chi connectivity index (χ0) is 20.0. The maximum atomic E-state index is 12.4. The van der Waals surface area contributed by atoms with Crippen LogP contribution in [-0.2, 0) is 14.3 Å². The molecule has 27 heavy (non-hydrogen) atoms. The number of rotatable bonds is 8. The Balaban J connectivity index is 2.29. The highest BCUT2D eigenvalue weighted by Gasteiger charge is 2.30. The van der Waals surface area contributed by atoms with Crippen LogP contribution in [0.3, 0.4) is 0 Å². The molecule has 6 nitrogen and oxygen atoms in total. The summed E-state index contributed by atoms with van der Waals surface area (Å²) in [4.78, 5) is 26.0. The molecule has 9 heteroatoms. The fourth-order valence-electron chi connectivity index (χ4n) is 2.30. The lowest BCUT2D eigenvalue weighted by molar-refractivity contribution is -0.145. The summed E-state index contributed by atoms with van der Waals surface area (Å²) in [6.07, 6.45) is 1.76. The molecule has 0 N–H and O–H groups in total. The Morgan fingerprint density at radius 1 is 1.22 bits per heavy atom. The Morgan fingerprint density at radius 2 is 1.93 bits per heavy atom. The van der Waals surface area contributed by atoms with Gasteiger partial charge in [-0.2, -0.15) is 0 Å². The summed E-state index contributed by atoms with van der Waals surface area (Å²) < 4.78 is 17.3. The molecule has 0 radical (unpaired) electrons. The number of esters is 1. The quantitative estimate of drug-likeness (QED) is 0.321. The Labute approximate surface area is 176 Å². The van der Waals surface area contributed by atoms with Crippen molar-refractivity contribution in [2.45, 2.75) is 20.8 Å². The van der Waals surface area contributed by atoms with Gasteiger partial charge in [0.25, 0.3) is 5.91 Å². The van der Waals surface area contributed by atoms with Crippen molar-refractivity contribution in [1.29, 1.82) is 0 Å². The minimum atomic E-state index is -0.455. The van der Waals surface area contributed by atoms with Crippen molar-refractivity contribution in [1.82, 2.24) is 4.90 Å². The molecule has 1 fully saturated rings. The Bertz CT molecular complexity index is 781. The first-order valence-electron chi connectivity index (χ1n) is 8.41. The number of carbonyl (C=O) groups excluding carboxylic acids is 2. The Kier molecular flexibility index (Phi) is 8.12. The number of halogens is 1. The number of ether oxygens (including phenoxy) is 3. The number of likely N-dealkylation sites (N-methyl/N-ethyl adjacent to an activating group) is 1. The first-order chi connectivity index (χ1) is 12.9. The van der Waals surface area contributed by atoms with E-state index in [1.807, 2.05) is 13.8 Å². The second-order valence-electron chi connectivity index (χ2n) is 5.27. The van der Waals surface area contributed by atoms with Crippen molar-refractivity contribution in [3.8, 4) is 11.5 Å². The van der Waals surface area contributed by atoms with Gasteiger partial charge in [-0.3, -0.25) is 9.69 Å². The number of carbonyl (C=O) groups is 2. The van der Waals surface area contributed by atoms with Gasteiger partial charge in [0.05, 0.1) is 18.1 Å². The minimum absolute atomic E-state index is 0.111. The van der Waals surface area contributed by atoms with Crippen LogP contribution in [0.1, 0.15) is 26.3 Å². The van der Waals surface area contributed by atoms with Crippen LogP contribution in [0.4, 0.5) is 0 Å². The molecular formula is C18H20BrNO5S2. The fraction of sp³-hybridized carbons (Fsp3) is 0.389. The predicted octanol–water partition coefficient (Wildman–Crippen LogP) is 4.01. The standard InChI is InChI=1S/C18H20BrNO5S2/c1-4-20-17(22)15(27-18(20)26)8-11-7-13(23-5-2)14(9-12(11)19)25-10-16(21)24-6-3/h7-9H,4-6,10H2,1-3H3/b15-8-. The molecule has 0 unspecified atom stereocenters. The highest BCUT2D eigenvalue weighted by Crippen LogP contribution is 2.38. The summed E-state index contributed by atoms with van der Waals surface area (Å²) in [6.45, 7) is 6.50. The summed E-state index contributed by atoms with van der Waals surface area (Å²) >= 11 is 9.99. The van der Waals surface area contributed by atoms with Crippen molar-refractivity contribution < 1.29 is 23.8 Å². The van der Waals surface area contributed by atoms with Crippen LogP contribution in [0.15, 0.2) is 21.5 Å². The minimum Gasteiger partial charge on any atom is -0.490 e. The second-order valence-corrected chi connectivity index (χ2v) is 7.80. The van der Waals surface area contributed by atoms with Gasteiger partial charge in [0.15, 0.2) is 18.1 Å². The van der Waals surface area contributed by atoms with Gasteiger partial charge in [-0.15, -0.1) is 0 Å². The highest BCUT2D eigenvalue weighted by molar-refractivity contribution is 9.10. The average Bonchev–Trinajstić information content (AvgIpc) is 2.89. The van der Waals surface area contributed by atoms with Crippen LogP contribution < -0.4 is 9.47 Å². The SMILES string of the molecule is CCOC(=O)COc1cc(Br)c(/C=C2\SC(=S)N(CC)C2=O)cc1OCC. The molecule has 1 aromatic rings. The first-order valence-corrected chi connectivity index (χ1v) is 10.4. The highest BCUT2D eigenvalue weighted by atomic mass is 79.9. The van der Waals surface area contributed by atoms with E-state index in [0.717, 1.165) is 5.56 Å². The van der Waals surface area contributed by atoms with Crippen molar-refractivity contribution >= 4 is 62.2 Å². The van der Waals surface area contributed by atoms with Crippen molar-refractivity contribution in [2.75, 3.05) is 26.4 Å². The number of amides is 1. The predicted molar refractivity (Wildman–Crippen MR) is 113 cm³/mol. The lowest BCUT2D eigenvalue weighted by atomic mass is 10.2. The average molecular weight is 474 g/mol. The molecule has 1 heterocycles. The number of benzene rings is 1. The van der Waals surface area contributed by atoms with E-state index in [0.29, 0.717) is 45.0 Å². The topological polar surface area (TPSA) is 65.1 Å². The van der Waals surface area contributed by atoms with Crippen molar-refractivity contribution in [3.05, 3.63) is 27.1 Å². The smallest absolute Gasteiger partial charge is 0.344 e. The van der Waals surface area contributed by atoms with E-state index in [-0.39, 0.29) is 12.5 Å². The molecule has 0 aliphatic carbocycles. The van der Waals surface area contributed by atoms with E-state index >= 15 is 0 Å². The van der Waals surface area contributed by atoms with E-state index in [2.05, 4.69) is 15.9 Å². The van der Waals surface area contributed by atoms with Crippen molar-refractivity contribution in [2.24, 2.45) is 0 Å². The first kappa shape index (κ1) is 21.7. The molecule has 0 atom stereocenters. The van der Waals surface area contributed by atoms with Gasteiger partial charge in [-0.05, 0) is 44.5 Å². The van der Waals surface area contributed by atoms with Crippen LogP contribution in [-0.4, -0.2) is 47.5 Å². The number of hydrogen-bond donors (Lipinski definition) is 0. The van der Waals surface area contributed by atoms with Crippen LogP contribution in [0.2, 0.25) is 0 Å². The Morgan fingerprint density at radius 3 is 2.52 bits per heavy atom. The van der Waals surface area contributed by atoms with Gasteiger partial charge in [0, 0.05) is 11.0 Å². The van der Waals surface area contributed by atoms with Gasteiger partial charge < -0.3 is 14.2 Å². The third-order valence-corrected chi connectivity index (χ3v) is 5.55. The third-order valence-electron chi connectivity index (χ3n) is 3.49. The molecular weight excluding hydrogens is 454 g/mol. The van der Waals surface area contributed by atoms with E-state index in [1.54, 1.807) is 30.0 Å². The van der Waals surface area contributed by atoms with Gasteiger partial charge >= 0.3 is 5.97 Å².